The Morgan fingerprint density at radius 3 is 2.19 bits per heavy atom. The Morgan fingerprint density at radius 1 is 1.31 bits per heavy atom. The number of amides is 1. The SMILES string of the molecule is CCN(CC)C(=O)C(C)S(=O)(=O)CCCN. The number of nitrogens with zero attached hydrogens (tertiary/aromatic N) is 1. The summed E-state index contributed by atoms with van der Waals surface area (Å²) >= 11 is 0. The van der Waals surface area contributed by atoms with Crippen LogP contribution >= 0.6 is 0 Å². The molecular weight excluding hydrogens is 228 g/mol. The molecule has 0 radical (unpaired) electrons. The Balaban J connectivity index is 4.65. The minimum Gasteiger partial charge on any atom is -0.342 e. The van der Waals surface area contributed by atoms with Gasteiger partial charge in [-0.05, 0) is 33.7 Å². The van der Waals surface area contributed by atoms with Crippen molar-refractivity contribution in [3.05, 3.63) is 0 Å². The third kappa shape index (κ3) is 4.09. The highest BCUT2D eigenvalue weighted by molar-refractivity contribution is 7.92. The molecule has 1 amide bonds. The van der Waals surface area contributed by atoms with Gasteiger partial charge in [0.15, 0.2) is 9.84 Å². The predicted octanol–water partition coefficient (Wildman–Crippen LogP) is 0.00690. The Hall–Kier alpha value is -0.620. The molecule has 0 aliphatic rings. The molecule has 0 fully saturated rings. The molecule has 0 aromatic carbocycles. The molecule has 0 aliphatic carbocycles. The van der Waals surface area contributed by atoms with Gasteiger partial charge in [-0.25, -0.2) is 8.42 Å². The smallest absolute Gasteiger partial charge is 0.240 e. The van der Waals surface area contributed by atoms with Gasteiger partial charge in [-0.15, -0.1) is 0 Å². The maximum absolute atomic E-state index is 11.8. The molecule has 0 aliphatic heterocycles. The van der Waals surface area contributed by atoms with Gasteiger partial charge in [0.05, 0.1) is 5.75 Å². The number of rotatable bonds is 7. The molecule has 0 spiro atoms. The average Bonchev–Trinajstić information content (AvgIpc) is 2.26. The van der Waals surface area contributed by atoms with Crippen LogP contribution in [0.5, 0.6) is 0 Å². The molecule has 96 valence electrons. The zero-order chi connectivity index (χ0) is 12.8. The highest BCUT2D eigenvalue weighted by Gasteiger charge is 2.29. The van der Waals surface area contributed by atoms with Crippen LogP contribution in [0.25, 0.3) is 0 Å². The van der Waals surface area contributed by atoms with Gasteiger partial charge in [-0.3, -0.25) is 4.79 Å². The molecule has 5 nitrogen and oxygen atoms in total. The molecular formula is C10H22N2O3S. The van der Waals surface area contributed by atoms with Gasteiger partial charge in [0, 0.05) is 13.1 Å². The van der Waals surface area contributed by atoms with Crippen molar-refractivity contribution < 1.29 is 13.2 Å². The number of hydrogen-bond acceptors (Lipinski definition) is 4. The van der Waals surface area contributed by atoms with Crippen LogP contribution in [0.3, 0.4) is 0 Å². The lowest BCUT2D eigenvalue weighted by Gasteiger charge is -2.22. The fraction of sp³-hybridized carbons (Fsp3) is 0.900. The number of nitrogens with two attached hydrogens (primary N) is 1. The normalized spacial score (nSPS) is 13.5. The van der Waals surface area contributed by atoms with E-state index in [4.69, 9.17) is 5.73 Å². The largest absolute Gasteiger partial charge is 0.342 e. The predicted molar refractivity (Wildman–Crippen MR) is 64.8 cm³/mol. The lowest BCUT2D eigenvalue weighted by atomic mass is 10.4. The second-order valence-corrected chi connectivity index (χ2v) is 6.10. The summed E-state index contributed by atoms with van der Waals surface area (Å²) in [7, 11) is -3.36. The standard InChI is InChI=1S/C10H22N2O3S/c1-4-12(5-2)10(13)9(3)16(14,15)8-6-7-11/h9H,4-8,11H2,1-3H3. The van der Waals surface area contributed by atoms with E-state index in [1.165, 1.54) is 11.8 Å². The van der Waals surface area contributed by atoms with Gasteiger partial charge in [-0.1, -0.05) is 0 Å². The molecule has 6 heteroatoms. The Morgan fingerprint density at radius 2 is 1.81 bits per heavy atom. The molecule has 0 saturated heterocycles. The van der Waals surface area contributed by atoms with Gasteiger partial charge in [0.2, 0.25) is 5.91 Å². The van der Waals surface area contributed by atoms with Crippen LogP contribution < -0.4 is 5.73 Å². The molecule has 1 atom stereocenters. The molecule has 2 N–H and O–H groups in total. The van der Waals surface area contributed by atoms with Crippen molar-refractivity contribution in [1.29, 1.82) is 0 Å². The van der Waals surface area contributed by atoms with Crippen LogP contribution in [-0.2, 0) is 14.6 Å². The first-order valence-corrected chi connectivity index (χ1v) is 7.32. The van der Waals surface area contributed by atoms with Gasteiger partial charge >= 0.3 is 0 Å². The fourth-order valence-electron chi connectivity index (χ4n) is 1.41. The van der Waals surface area contributed by atoms with Crippen molar-refractivity contribution in [1.82, 2.24) is 4.90 Å². The van der Waals surface area contributed by atoms with E-state index in [0.717, 1.165) is 0 Å². The zero-order valence-electron chi connectivity index (χ0n) is 10.3. The Bertz CT molecular complexity index is 310. The van der Waals surface area contributed by atoms with Crippen molar-refractivity contribution in [2.75, 3.05) is 25.4 Å². The van der Waals surface area contributed by atoms with E-state index < -0.39 is 15.1 Å². The van der Waals surface area contributed by atoms with E-state index in [-0.39, 0.29) is 11.7 Å². The van der Waals surface area contributed by atoms with E-state index >= 15 is 0 Å². The molecule has 1 unspecified atom stereocenters. The van der Waals surface area contributed by atoms with Crippen LogP contribution in [0.1, 0.15) is 27.2 Å². The number of carbonyl (C=O) groups excluding carboxylic acids is 1. The molecule has 16 heavy (non-hydrogen) atoms. The molecule has 0 saturated carbocycles. The lowest BCUT2D eigenvalue weighted by molar-refractivity contribution is -0.130. The van der Waals surface area contributed by atoms with E-state index in [9.17, 15) is 13.2 Å². The van der Waals surface area contributed by atoms with Gasteiger partial charge in [0.25, 0.3) is 0 Å². The molecule has 0 heterocycles. The monoisotopic (exact) mass is 250 g/mol. The summed E-state index contributed by atoms with van der Waals surface area (Å²) in [6.07, 6.45) is 0.401. The van der Waals surface area contributed by atoms with Crippen LogP contribution in [0, 0.1) is 0 Å². The summed E-state index contributed by atoms with van der Waals surface area (Å²) in [5.41, 5.74) is 5.26. The molecule has 0 bridgehead atoms. The summed E-state index contributed by atoms with van der Waals surface area (Å²) in [6.45, 7) is 6.51. The van der Waals surface area contributed by atoms with E-state index in [1.807, 2.05) is 13.8 Å². The fourth-order valence-corrected chi connectivity index (χ4v) is 2.79. The highest BCUT2D eigenvalue weighted by atomic mass is 32.2. The first-order chi connectivity index (χ1) is 7.40. The zero-order valence-corrected chi connectivity index (χ0v) is 11.1. The number of sulfone groups is 1. The van der Waals surface area contributed by atoms with Crippen molar-refractivity contribution in [3.63, 3.8) is 0 Å². The number of carbonyl (C=O) groups is 1. The van der Waals surface area contributed by atoms with Gasteiger partial charge in [0.1, 0.15) is 5.25 Å². The average molecular weight is 250 g/mol. The highest BCUT2D eigenvalue weighted by Crippen LogP contribution is 2.07. The van der Waals surface area contributed by atoms with Gasteiger partial charge in [-0.2, -0.15) is 0 Å². The second kappa shape index (κ2) is 6.85. The second-order valence-electron chi connectivity index (χ2n) is 3.66. The minimum absolute atomic E-state index is 0.0162. The summed E-state index contributed by atoms with van der Waals surface area (Å²) in [6, 6.07) is 0. The van der Waals surface area contributed by atoms with Crippen LogP contribution in [0.2, 0.25) is 0 Å². The molecule has 0 aromatic heterocycles. The third-order valence-corrected chi connectivity index (χ3v) is 4.73. The molecule has 0 rings (SSSR count). The summed E-state index contributed by atoms with van der Waals surface area (Å²) < 4.78 is 23.5. The topological polar surface area (TPSA) is 80.5 Å². The van der Waals surface area contributed by atoms with Gasteiger partial charge < -0.3 is 10.6 Å². The van der Waals surface area contributed by atoms with Crippen LogP contribution in [0.15, 0.2) is 0 Å². The quantitative estimate of drug-likeness (QED) is 0.690. The van der Waals surface area contributed by atoms with Crippen molar-refractivity contribution in [2.24, 2.45) is 5.73 Å². The van der Waals surface area contributed by atoms with E-state index in [1.54, 1.807) is 0 Å². The summed E-state index contributed by atoms with van der Waals surface area (Å²) in [4.78, 5) is 13.4. The van der Waals surface area contributed by atoms with E-state index in [0.29, 0.717) is 26.1 Å². The van der Waals surface area contributed by atoms with Crippen LogP contribution in [-0.4, -0.2) is 49.9 Å². The van der Waals surface area contributed by atoms with E-state index in [2.05, 4.69) is 0 Å². The Labute approximate surface area is 97.9 Å². The molecule has 0 aromatic rings. The van der Waals surface area contributed by atoms with Crippen molar-refractivity contribution >= 4 is 15.7 Å². The first-order valence-electron chi connectivity index (χ1n) is 5.61. The number of hydrogen-bond donors (Lipinski definition) is 1. The maximum atomic E-state index is 11.8. The third-order valence-electron chi connectivity index (χ3n) is 2.59. The first kappa shape index (κ1) is 15.4. The lowest BCUT2D eigenvalue weighted by Crippen LogP contribution is -2.42. The summed E-state index contributed by atoms with van der Waals surface area (Å²) in [5.74, 6) is -0.334. The summed E-state index contributed by atoms with van der Waals surface area (Å²) in [5, 5.41) is -0.959. The van der Waals surface area contributed by atoms with Crippen LogP contribution in [0.4, 0.5) is 0 Å². The van der Waals surface area contributed by atoms with Crippen molar-refractivity contribution in [3.8, 4) is 0 Å². The minimum atomic E-state index is -3.36. The van der Waals surface area contributed by atoms with Crippen molar-refractivity contribution in [2.45, 2.75) is 32.4 Å². The Kier molecular flexibility index (Phi) is 6.59. The maximum Gasteiger partial charge on any atom is 0.240 e.